The highest BCUT2D eigenvalue weighted by molar-refractivity contribution is 7.91. The molecule has 3 aromatic rings. The molecule has 0 aliphatic carbocycles. The van der Waals surface area contributed by atoms with Gasteiger partial charge in [0.05, 0.1) is 10.6 Å². The Morgan fingerprint density at radius 2 is 1.58 bits per heavy atom. The first-order chi connectivity index (χ1) is 11.7. The van der Waals surface area contributed by atoms with Gasteiger partial charge in [-0.05, 0) is 53.8 Å². The Bertz CT molecular complexity index is 961. The zero-order valence-corrected chi connectivity index (χ0v) is 13.9. The standard InChI is InChI=1S/C17H17N3O3S/c21-24(22,13-7-3-1-4-8-13)15-10-9-14(16-17(15)19-23-18-16)20-11-5-2-6-12-20/h1,3-4,7-10H,2,5-6,11-12H2. The minimum Gasteiger partial charge on any atom is -0.370 e. The van der Waals surface area contributed by atoms with Gasteiger partial charge in [0.2, 0.25) is 9.84 Å². The van der Waals surface area contributed by atoms with Crippen LogP contribution in [0.3, 0.4) is 0 Å². The lowest BCUT2D eigenvalue weighted by atomic mass is 10.1. The van der Waals surface area contributed by atoms with Gasteiger partial charge in [-0.25, -0.2) is 13.0 Å². The second kappa shape index (κ2) is 5.90. The summed E-state index contributed by atoms with van der Waals surface area (Å²) in [4.78, 5) is 2.58. The van der Waals surface area contributed by atoms with Crippen LogP contribution in [0.2, 0.25) is 0 Å². The van der Waals surface area contributed by atoms with E-state index < -0.39 is 9.84 Å². The average molecular weight is 343 g/mol. The minimum atomic E-state index is -3.66. The quantitative estimate of drug-likeness (QED) is 0.727. The number of hydrogen-bond donors (Lipinski definition) is 0. The summed E-state index contributed by atoms with van der Waals surface area (Å²) in [6.07, 6.45) is 3.46. The van der Waals surface area contributed by atoms with E-state index in [1.807, 2.05) is 6.07 Å². The molecule has 0 amide bonds. The third kappa shape index (κ3) is 2.45. The fourth-order valence-electron chi connectivity index (χ4n) is 3.16. The molecule has 0 bridgehead atoms. The molecule has 0 N–H and O–H groups in total. The second-order valence-electron chi connectivity index (χ2n) is 5.91. The monoisotopic (exact) mass is 343 g/mol. The predicted octanol–water partition coefficient (Wildman–Crippen LogP) is 3.05. The van der Waals surface area contributed by atoms with Crippen molar-refractivity contribution in [2.24, 2.45) is 0 Å². The van der Waals surface area contributed by atoms with E-state index in [1.54, 1.807) is 36.4 Å². The Balaban J connectivity index is 1.85. The fourth-order valence-corrected chi connectivity index (χ4v) is 4.57. The van der Waals surface area contributed by atoms with Crippen molar-refractivity contribution in [3.05, 3.63) is 42.5 Å². The Morgan fingerprint density at radius 1 is 0.875 bits per heavy atom. The summed E-state index contributed by atoms with van der Waals surface area (Å²) in [5.74, 6) is 0. The van der Waals surface area contributed by atoms with Crippen LogP contribution in [0, 0.1) is 0 Å². The summed E-state index contributed by atoms with van der Waals surface area (Å²) in [5, 5.41) is 7.84. The van der Waals surface area contributed by atoms with Gasteiger partial charge in [-0.3, -0.25) is 0 Å². The SMILES string of the molecule is O=S(=O)(c1ccccc1)c1ccc(N2CCCCC2)c2nonc12. The van der Waals surface area contributed by atoms with Gasteiger partial charge in [-0.1, -0.05) is 18.2 Å². The molecule has 2 aromatic carbocycles. The highest BCUT2D eigenvalue weighted by Gasteiger charge is 2.26. The van der Waals surface area contributed by atoms with Crippen molar-refractivity contribution in [2.75, 3.05) is 18.0 Å². The Kier molecular flexibility index (Phi) is 3.72. The number of benzene rings is 2. The summed E-state index contributed by atoms with van der Waals surface area (Å²) in [5.41, 5.74) is 1.69. The Morgan fingerprint density at radius 3 is 2.33 bits per heavy atom. The largest absolute Gasteiger partial charge is 0.370 e. The molecule has 0 radical (unpaired) electrons. The van der Waals surface area contributed by atoms with Crippen molar-refractivity contribution in [1.82, 2.24) is 10.3 Å². The van der Waals surface area contributed by atoms with Gasteiger partial charge in [-0.15, -0.1) is 0 Å². The third-order valence-electron chi connectivity index (χ3n) is 4.40. The molecule has 1 fully saturated rings. The number of nitrogens with zero attached hydrogens (tertiary/aromatic N) is 3. The van der Waals surface area contributed by atoms with Crippen LogP contribution < -0.4 is 4.90 Å². The molecular formula is C17H17N3O3S. The maximum Gasteiger partial charge on any atom is 0.208 e. The zero-order valence-electron chi connectivity index (χ0n) is 13.1. The summed E-state index contributed by atoms with van der Waals surface area (Å²) >= 11 is 0. The fraction of sp³-hybridized carbons (Fsp3) is 0.294. The van der Waals surface area contributed by atoms with Crippen molar-refractivity contribution in [1.29, 1.82) is 0 Å². The van der Waals surface area contributed by atoms with E-state index in [4.69, 9.17) is 4.63 Å². The molecule has 4 rings (SSSR count). The molecule has 0 unspecified atom stereocenters. The summed E-state index contributed by atoms with van der Waals surface area (Å²) in [6, 6.07) is 11.8. The first kappa shape index (κ1) is 15.1. The van der Waals surface area contributed by atoms with Crippen LogP contribution in [0.25, 0.3) is 11.0 Å². The van der Waals surface area contributed by atoms with Gasteiger partial charge < -0.3 is 4.90 Å². The molecule has 0 saturated carbocycles. The van der Waals surface area contributed by atoms with Gasteiger partial charge in [-0.2, -0.15) is 0 Å². The number of hydrogen-bond acceptors (Lipinski definition) is 6. The Hall–Kier alpha value is -2.41. The van der Waals surface area contributed by atoms with Gasteiger partial charge >= 0.3 is 0 Å². The number of aromatic nitrogens is 2. The van der Waals surface area contributed by atoms with Crippen LogP contribution in [0.1, 0.15) is 19.3 Å². The van der Waals surface area contributed by atoms with Crippen molar-refractivity contribution in [2.45, 2.75) is 29.1 Å². The molecule has 24 heavy (non-hydrogen) atoms. The summed E-state index contributed by atoms with van der Waals surface area (Å²) in [6.45, 7) is 1.87. The van der Waals surface area contributed by atoms with Crippen LogP contribution >= 0.6 is 0 Å². The number of sulfone groups is 1. The highest BCUT2D eigenvalue weighted by Crippen LogP contribution is 2.33. The van der Waals surface area contributed by atoms with Crippen LogP contribution in [0.4, 0.5) is 5.69 Å². The molecule has 1 saturated heterocycles. The molecule has 1 aliphatic rings. The van der Waals surface area contributed by atoms with E-state index in [9.17, 15) is 8.42 Å². The van der Waals surface area contributed by atoms with Crippen molar-refractivity contribution < 1.29 is 13.0 Å². The van der Waals surface area contributed by atoms with E-state index in [2.05, 4.69) is 15.2 Å². The number of piperidine rings is 1. The lowest BCUT2D eigenvalue weighted by Crippen LogP contribution is -2.29. The van der Waals surface area contributed by atoms with E-state index in [0.29, 0.717) is 11.0 Å². The zero-order chi connectivity index (χ0) is 16.6. The van der Waals surface area contributed by atoms with Gasteiger partial charge in [0, 0.05) is 13.1 Å². The maximum atomic E-state index is 12.9. The van der Waals surface area contributed by atoms with E-state index in [-0.39, 0.29) is 9.79 Å². The summed E-state index contributed by atoms with van der Waals surface area (Å²) in [7, 11) is -3.66. The first-order valence-electron chi connectivity index (χ1n) is 7.98. The predicted molar refractivity (Wildman–Crippen MR) is 89.8 cm³/mol. The van der Waals surface area contributed by atoms with Crippen LogP contribution in [-0.2, 0) is 9.84 Å². The average Bonchev–Trinajstić information content (AvgIpc) is 3.12. The number of rotatable bonds is 3. The molecule has 0 spiro atoms. The maximum absolute atomic E-state index is 12.9. The highest BCUT2D eigenvalue weighted by atomic mass is 32.2. The molecule has 0 atom stereocenters. The molecule has 1 aliphatic heterocycles. The summed E-state index contributed by atoms with van der Waals surface area (Å²) < 4.78 is 30.7. The van der Waals surface area contributed by atoms with Gasteiger partial charge in [0.1, 0.15) is 4.90 Å². The molecule has 1 aromatic heterocycles. The second-order valence-corrected chi connectivity index (χ2v) is 7.83. The lowest BCUT2D eigenvalue weighted by molar-refractivity contribution is 0.315. The molecular weight excluding hydrogens is 326 g/mol. The van der Waals surface area contributed by atoms with Crippen LogP contribution in [0.5, 0.6) is 0 Å². The van der Waals surface area contributed by atoms with Crippen LogP contribution in [-0.4, -0.2) is 31.8 Å². The Labute approximate surface area is 140 Å². The topological polar surface area (TPSA) is 76.3 Å². The van der Waals surface area contributed by atoms with E-state index in [1.165, 1.54) is 6.42 Å². The van der Waals surface area contributed by atoms with Crippen molar-refractivity contribution >= 4 is 26.6 Å². The molecule has 6 nitrogen and oxygen atoms in total. The normalized spacial score (nSPS) is 15.8. The molecule has 7 heteroatoms. The van der Waals surface area contributed by atoms with E-state index in [0.717, 1.165) is 31.6 Å². The number of fused-ring (bicyclic) bond motifs is 1. The lowest BCUT2D eigenvalue weighted by Gasteiger charge is -2.28. The number of anilines is 1. The van der Waals surface area contributed by atoms with Crippen LogP contribution in [0.15, 0.2) is 56.9 Å². The first-order valence-corrected chi connectivity index (χ1v) is 9.46. The third-order valence-corrected chi connectivity index (χ3v) is 6.20. The minimum absolute atomic E-state index is 0.130. The molecule has 124 valence electrons. The van der Waals surface area contributed by atoms with Gasteiger partial charge in [0.25, 0.3) is 0 Å². The van der Waals surface area contributed by atoms with Crippen molar-refractivity contribution in [3.8, 4) is 0 Å². The van der Waals surface area contributed by atoms with E-state index >= 15 is 0 Å². The smallest absolute Gasteiger partial charge is 0.208 e. The molecule has 2 heterocycles. The van der Waals surface area contributed by atoms with Crippen molar-refractivity contribution in [3.63, 3.8) is 0 Å². The van der Waals surface area contributed by atoms with Gasteiger partial charge in [0.15, 0.2) is 11.0 Å².